The smallest absolute Gasteiger partial charge is 0.335 e. The predicted molar refractivity (Wildman–Crippen MR) is 82.4 cm³/mol. The molecule has 26 heavy (non-hydrogen) atoms. The SMILES string of the molecule is O=C(O)c1ccc([N+](=O)[O-])cc1CCCCC(CO[N+](=O)[O-])O[N+](=O)[O-]. The zero-order valence-electron chi connectivity index (χ0n) is 13.3. The highest BCUT2D eigenvalue weighted by molar-refractivity contribution is 5.89. The Labute approximate surface area is 145 Å². The third-order valence-corrected chi connectivity index (χ3v) is 3.35. The van der Waals surface area contributed by atoms with E-state index in [0.29, 0.717) is 12.8 Å². The van der Waals surface area contributed by atoms with E-state index in [-0.39, 0.29) is 29.7 Å². The first-order valence-electron chi connectivity index (χ1n) is 7.29. The fourth-order valence-corrected chi connectivity index (χ4v) is 2.23. The van der Waals surface area contributed by atoms with Gasteiger partial charge < -0.3 is 14.8 Å². The summed E-state index contributed by atoms with van der Waals surface area (Å²) in [6, 6.07) is 3.38. The molecule has 13 nitrogen and oxygen atoms in total. The van der Waals surface area contributed by atoms with E-state index in [1.165, 1.54) is 0 Å². The molecule has 0 aromatic heterocycles. The summed E-state index contributed by atoms with van der Waals surface area (Å²) in [7, 11) is 0. The standard InChI is InChI=1S/C13H15N3O10/c17-13(18)12-6-5-10(14(19)20)7-9(12)3-1-2-4-11(26-16(23)24)8-25-15(21)22/h5-7,11H,1-4,8H2,(H,17,18). The van der Waals surface area contributed by atoms with Crippen LogP contribution >= 0.6 is 0 Å². The van der Waals surface area contributed by atoms with Crippen LogP contribution in [0.5, 0.6) is 0 Å². The summed E-state index contributed by atoms with van der Waals surface area (Å²) >= 11 is 0. The number of carbonyl (C=O) groups is 1. The molecule has 0 spiro atoms. The average molecular weight is 373 g/mol. The maximum absolute atomic E-state index is 11.2. The minimum atomic E-state index is -1.23. The van der Waals surface area contributed by atoms with Gasteiger partial charge >= 0.3 is 5.97 Å². The monoisotopic (exact) mass is 373 g/mol. The quantitative estimate of drug-likeness (QED) is 0.321. The zero-order chi connectivity index (χ0) is 19.7. The van der Waals surface area contributed by atoms with Gasteiger partial charge in [-0.2, -0.15) is 0 Å². The van der Waals surface area contributed by atoms with Crippen LogP contribution in [0.15, 0.2) is 18.2 Å². The number of unbranched alkanes of at least 4 members (excludes halogenated alkanes) is 1. The van der Waals surface area contributed by atoms with Gasteiger partial charge in [0.15, 0.2) is 0 Å². The molecule has 142 valence electrons. The second-order valence-electron chi connectivity index (χ2n) is 5.12. The second-order valence-corrected chi connectivity index (χ2v) is 5.12. The molecule has 0 radical (unpaired) electrons. The number of nitro benzene ring substituents is 1. The lowest BCUT2D eigenvalue weighted by atomic mass is 10.00. The topological polar surface area (TPSA) is 185 Å². The fourth-order valence-electron chi connectivity index (χ4n) is 2.23. The third-order valence-electron chi connectivity index (χ3n) is 3.35. The number of carboxylic acid groups (broad SMARTS) is 1. The minimum Gasteiger partial charge on any atom is -0.478 e. The predicted octanol–water partition coefficient (Wildman–Crippen LogP) is 1.79. The molecule has 0 aliphatic carbocycles. The van der Waals surface area contributed by atoms with Crippen LogP contribution < -0.4 is 0 Å². The number of aromatic carboxylic acids is 1. The number of nitrogens with zero attached hydrogens (tertiary/aromatic N) is 3. The van der Waals surface area contributed by atoms with Crippen LogP contribution in [-0.4, -0.2) is 38.9 Å². The van der Waals surface area contributed by atoms with Crippen molar-refractivity contribution in [2.45, 2.75) is 31.8 Å². The number of rotatable bonds is 12. The summed E-state index contributed by atoms with van der Waals surface area (Å²) in [5.74, 6) is -1.23. The van der Waals surface area contributed by atoms with E-state index in [0.717, 1.165) is 18.2 Å². The average Bonchev–Trinajstić information content (AvgIpc) is 2.55. The van der Waals surface area contributed by atoms with Crippen molar-refractivity contribution in [2.24, 2.45) is 0 Å². The van der Waals surface area contributed by atoms with Gasteiger partial charge in [0, 0.05) is 12.1 Å². The Balaban J connectivity index is 2.65. The van der Waals surface area contributed by atoms with Crippen molar-refractivity contribution >= 4 is 11.7 Å². The molecule has 1 aromatic rings. The van der Waals surface area contributed by atoms with Gasteiger partial charge in [0.2, 0.25) is 0 Å². The first-order valence-corrected chi connectivity index (χ1v) is 7.29. The van der Waals surface area contributed by atoms with E-state index in [4.69, 9.17) is 5.11 Å². The van der Waals surface area contributed by atoms with Crippen molar-refractivity contribution in [3.8, 4) is 0 Å². The van der Waals surface area contributed by atoms with Crippen LogP contribution in [0, 0.1) is 30.3 Å². The molecule has 1 rings (SSSR count). The molecule has 1 atom stereocenters. The minimum absolute atomic E-state index is 0.0478. The Morgan fingerprint density at radius 2 is 1.81 bits per heavy atom. The van der Waals surface area contributed by atoms with Crippen molar-refractivity contribution in [1.29, 1.82) is 0 Å². The molecule has 0 bridgehead atoms. The summed E-state index contributed by atoms with van der Waals surface area (Å²) in [6.45, 7) is -0.620. The van der Waals surface area contributed by atoms with E-state index in [2.05, 4.69) is 9.68 Å². The number of hydrogen-bond donors (Lipinski definition) is 1. The summed E-state index contributed by atoms with van der Waals surface area (Å²) in [5.41, 5.74) is -0.0793. The molecule has 0 fully saturated rings. The maximum Gasteiger partial charge on any atom is 0.335 e. The van der Waals surface area contributed by atoms with Crippen LogP contribution in [0.2, 0.25) is 0 Å². The molecular weight excluding hydrogens is 358 g/mol. The Morgan fingerprint density at radius 3 is 2.35 bits per heavy atom. The first-order chi connectivity index (χ1) is 12.2. The molecule has 1 unspecified atom stereocenters. The lowest BCUT2D eigenvalue weighted by Gasteiger charge is -2.13. The Hall–Kier alpha value is -3.51. The van der Waals surface area contributed by atoms with Gasteiger partial charge in [-0.3, -0.25) is 10.1 Å². The van der Waals surface area contributed by atoms with Gasteiger partial charge in [0.05, 0.1) is 10.5 Å². The van der Waals surface area contributed by atoms with Crippen molar-refractivity contribution in [3.05, 3.63) is 59.7 Å². The van der Waals surface area contributed by atoms with E-state index in [9.17, 15) is 35.1 Å². The largest absolute Gasteiger partial charge is 0.478 e. The van der Waals surface area contributed by atoms with Crippen molar-refractivity contribution in [1.82, 2.24) is 0 Å². The summed E-state index contributed by atoms with van der Waals surface area (Å²) in [4.78, 5) is 50.1. The van der Waals surface area contributed by atoms with Crippen LogP contribution in [-0.2, 0) is 16.1 Å². The van der Waals surface area contributed by atoms with E-state index in [1.807, 2.05) is 0 Å². The van der Waals surface area contributed by atoms with Crippen LogP contribution in [0.4, 0.5) is 5.69 Å². The molecule has 0 saturated carbocycles. The first kappa shape index (κ1) is 20.5. The summed E-state index contributed by atoms with van der Waals surface area (Å²) in [5, 5.41) is 38.2. The van der Waals surface area contributed by atoms with Gasteiger partial charge in [0.1, 0.15) is 12.7 Å². The number of non-ortho nitro benzene ring substituents is 1. The van der Waals surface area contributed by atoms with Crippen LogP contribution in [0.3, 0.4) is 0 Å². The van der Waals surface area contributed by atoms with Gasteiger partial charge in [-0.25, -0.2) is 4.79 Å². The molecule has 0 amide bonds. The van der Waals surface area contributed by atoms with E-state index >= 15 is 0 Å². The van der Waals surface area contributed by atoms with Gasteiger partial charge in [-0.1, -0.05) is 6.42 Å². The molecule has 1 N–H and O–H groups in total. The second kappa shape index (κ2) is 9.71. The Morgan fingerprint density at radius 1 is 1.12 bits per heavy atom. The highest BCUT2D eigenvalue weighted by atomic mass is 17.0. The van der Waals surface area contributed by atoms with Gasteiger partial charge in [-0.15, -0.1) is 20.2 Å². The lowest BCUT2D eigenvalue weighted by Crippen LogP contribution is -2.24. The maximum atomic E-state index is 11.2. The highest BCUT2D eigenvalue weighted by Crippen LogP contribution is 2.20. The number of benzene rings is 1. The van der Waals surface area contributed by atoms with E-state index in [1.54, 1.807) is 0 Å². The molecular formula is C13H15N3O10. The van der Waals surface area contributed by atoms with Crippen LogP contribution in [0.25, 0.3) is 0 Å². The van der Waals surface area contributed by atoms with Gasteiger partial charge in [-0.05, 0) is 30.9 Å². The van der Waals surface area contributed by atoms with Gasteiger partial charge in [0.25, 0.3) is 15.9 Å². The number of hydrogen-bond acceptors (Lipinski definition) is 9. The van der Waals surface area contributed by atoms with Crippen molar-refractivity contribution < 1.29 is 34.7 Å². The highest BCUT2D eigenvalue weighted by Gasteiger charge is 2.17. The normalized spacial score (nSPS) is 11.4. The van der Waals surface area contributed by atoms with Crippen molar-refractivity contribution in [2.75, 3.05) is 6.61 Å². The lowest BCUT2D eigenvalue weighted by molar-refractivity contribution is -0.790. The van der Waals surface area contributed by atoms with E-state index < -0.39 is 33.8 Å². The molecule has 1 aromatic carbocycles. The fraction of sp³-hybridized carbons (Fsp3) is 0.462. The molecule has 0 heterocycles. The Bertz CT molecular complexity index is 693. The third kappa shape index (κ3) is 6.94. The molecule has 0 saturated heterocycles. The Kier molecular flexibility index (Phi) is 7.67. The number of carboxylic acids is 1. The zero-order valence-corrected chi connectivity index (χ0v) is 13.3. The number of aryl methyl sites for hydroxylation is 1. The molecule has 13 heteroatoms. The molecule has 0 aliphatic heterocycles. The van der Waals surface area contributed by atoms with Crippen molar-refractivity contribution in [3.63, 3.8) is 0 Å². The molecule has 0 aliphatic rings. The van der Waals surface area contributed by atoms with Crippen LogP contribution in [0.1, 0.15) is 35.2 Å². The summed E-state index contributed by atoms with van der Waals surface area (Å²) < 4.78 is 0. The number of nitro groups is 1. The summed E-state index contributed by atoms with van der Waals surface area (Å²) in [6.07, 6.45) is -0.310.